The van der Waals surface area contributed by atoms with Gasteiger partial charge in [-0.15, -0.1) is 0 Å². The molecule has 17 heavy (non-hydrogen) atoms. The van der Waals surface area contributed by atoms with Crippen LogP contribution in [-0.4, -0.2) is 22.1 Å². The van der Waals surface area contributed by atoms with Crippen molar-refractivity contribution in [2.24, 2.45) is 0 Å². The number of ether oxygens (including phenoxy) is 1. The first-order valence-electron chi connectivity index (χ1n) is 5.31. The second kappa shape index (κ2) is 3.90. The van der Waals surface area contributed by atoms with E-state index in [2.05, 4.69) is 21.0 Å². The van der Waals surface area contributed by atoms with E-state index in [-0.39, 0.29) is 0 Å². The van der Waals surface area contributed by atoms with Crippen LogP contribution in [0.5, 0.6) is 6.01 Å². The molecule has 3 rings (SSSR count). The highest BCUT2D eigenvalue weighted by Gasteiger charge is 2.03. The van der Waals surface area contributed by atoms with Gasteiger partial charge in [-0.05, 0) is 24.3 Å². The van der Waals surface area contributed by atoms with E-state index in [4.69, 9.17) is 4.74 Å². The van der Waals surface area contributed by atoms with Gasteiger partial charge >= 0.3 is 6.01 Å². The van der Waals surface area contributed by atoms with Gasteiger partial charge in [0.25, 0.3) is 0 Å². The summed E-state index contributed by atoms with van der Waals surface area (Å²) in [6, 6.07) is 10.5. The molecule has 0 saturated carbocycles. The fourth-order valence-corrected chi connectivity index (χ4v) is 1.81. The normalized spacial score (nSPS) is 10.6. The number of rotatable bonds is 2. The molecule has 4 heteroatoms. The molecule has 84 valence electrons. The Bertz CT molecular complexity index is 660. The zero-order valence-electron chi connectivity index (χ0n) is 9.34. The third-order valence-corrected chi connectivity index (χ3v) is 2.67. The highest BCUT2D eigenvalue weighted by atomic mass is 16.5. The van der Waals surface area contributed by atoms with Gasteiger partial charge in [-0.3, -0.25) is 0 Å². The molecule has 1 aromatic carbocycles. The second-order valence-corrected chi connectivity index (χ2v) is 3.71. The molecule has 0 fully saturated rings. The van der Waals surface area contributed by atoms with Crippen LogP contribution in [0.25, 0.3) is 22.2 Å². The molecule has 4 nitrogen and oxygen atoms in total. The lowest BCUT2D eigenvalue weighted by atomic mass is 10.1. The van der Waals surface area contributed by atoms with Gasteiger partial charge in [0, 0.05) is 28.9 Å². The maximum atomic E-state index is 5.02. The fourth-order valence-electron chi connectivity index (χ4n) is 1.81. The van der Waals surface area contributed by atoms with E-state index in [0.717, 1.165) is 16.8 Å². The molecule has 2 heterocycles. The van der Waals surface area contributed by atoms with Crippen LogP contribution in [-0.2, 0) is 0 Å². The molecule has 0 aliphatic rings. The number of nitrogens with zero attached hydrogens (tertiary/aromatic N) is 2. The smallest absolute Gasteiger partial charge is 0.316 e. The number of hydrogen-bond donors (Lipinski definition) is 1. The van der Waals surface area contributed by atoms with Crippen molar-refractivity contribution in [3.63, 3.8) is 0 Å². The monoisotopic (exact) mass is 225 g/mol. The lowest BCUT2D eigenvalue weighted by Gasteiger charge is -2.02. The minimum Gasteiger partial charge on any atom is -0.467 e. The quantitative estimate of drug-likeness (QED) is 0.729. The van der Waals surface area contributed by atoms with Crippen LogP contribution in [0, 0.1) is 0 Å². The maximum Gasteiger partial charge on any atom is 0.316 e. The Balaban J connectivity index is 2.12. The lowest BCUT2D eigenvalue weighted by Crippen LogP contribution is -1.92. The molecule has 0 spiro atoms. The van der Waals surface area contributed by atoms with Crippen LogP contribution >= 0.6 is 0 Å². The van der Waals surface area contributed by atoms with Gasteiger partial charge in [0.1, 0.15) is 0 Å². The molecule has 2 aromatic heterocycles. The second-order valence-electron chi connectivity index (χ2n) is 3.71. The number of hydrogen-bond acceptors (Lipinski definition) is 3. The Hall–Kier alpha value is -2.36. The topological polar surface area (TPSA) is 50.8 Å². The number of fused-ring (bicyclic) bond motifs is 1. The van der Waals surface area contributed by atoms with Crippen molar-refractivity contribution in [2.75, 3.05) is 7.11 Å². The molecule has 1 N–H and O–H groups in total. The summed E-state index contributed by atoms with van der Waals surface area (Å²) in [5.74, 6) is 0. The summed E-state index contributed by atoms with van der Waals surface area (Å²) in [5, 5.41) is 1.17. The van der Waals surface area contributed by atoms with Crippen LogP contribution in [0.2, 0.25) is 0 Å². The number of aromatic amines is 1. The van der Waals surface area contributed by atoms with E-state index in [9.17, 15) is 0 Å². The van der Waals surface area contributed by atoms with Gasteiger partial charge in [-0.2, -0.15) is 4.98 Å². The highest BCUT2D eigenvalue weighted by molar-refractivity contribution is 5.84. The van der Waals surface area contributed by atoms with Crippen LogP contribution in [0.15, 0.2) is 42.7 Å². The summed E-state index contributed by atoms with van der Waals surface area (Å²) in [5.41, 5.74) is 3.03. The Morgan fingerprint density at radius 2 is 2.12 bits per heavy atom. The third-order valence-electron chi connectivity index (χ3n) is 2.67. The lowest BCUT2D eigenvalue weighted by molar-refractivity contribution is 0.380. The molecule has 0 saturated heterocycles. The average Bonchev–Trinajstić information content (AvgIpc) is 2.86. The van der Waals surface area contributed by atoms with Gasteiger partial charge in [-0.1, -0.05) is 6.07 Å². The van der Waals surface area contributed by atoms with Crippen molar-refractivity contribution < 1.29 is 4.74 Å². The minimum absolute atomic E-state index is 0.386. The average molecular weight is 225 g/mol. The third kappa shape index (κ3) is 1.73. The van der Waals surface area contributed by atoms with Crippen molar-refractivity contribution >= 4 is 10.9 Å². The number of methoxy groups -OCH3 is 1. The molecule has 0 unspecified atom stereocenters. The standard InChI is InChI=1S/C13H11N3O/c1-17-13-15-7-5-12(16-13)9-2-3-11-10(8-9)4-6-14-11/h2-8,14H,1H3. The van der Waals surface area contributed by atoms with Crippen molar-refractivity contribution in [2.45, 2.75) is 0 Å². The van der Waals surface area contributed by atoms with Gasteiger partial charge < -0.3 is 9.72 Å². The van der Waals surface area contributed by atoms with Gasteiger partial charge in [0.05, 0.1) is 12.8 Å². The Morgan fingerprint density at radius 3 is 3.00 bits per heavy atom. The summed E-state index contributed by atoms with van der Waals surface area (Å²) in [7, 11) is 1.56. The number of aromatic nitrogens is 3. The van der Waals surface area contributed by atoms with Crippen molar-refractivity contribution in [3.05, 3.63) is 42.7 Å². The first kappa shape index (κ1) is 9.84. The van der Waals surface area contributed by atoms with Crippen LogP contribution < -0.4 is 4.74 Å². The van der Waals surface area contributed by atoms with Crippen molar-refractivity contribution in [1.29, 1.82) is 0 Å². The molecule has 0 atom stereocenters. The summed E-state index contributed by atoms with van der Waals surface area (Å²) in [4.78, 5) is 11.5. The molecule has 0 bridgehead atoms. The van der Waals surface area contributed by atoms with Crippen LogP contribution in [0.1, 0.15) is 0 Å². The molecule has 0 amide bonds. The zero-order chi connectivity index (χ0) is 11.7. The van der Waals surface area contributed by atoms with E-state index < -0.39 is 0 Å². The van der Waals surface area contributed by atoms with Crippen LogP contribution in [0.4, 0.5) is 0 Å². The first-order chi connectivity index (χ1) is 8.36. The molecule has 0 radical (unpaired) electrons. The number of benzene rings is 1. The summed E-state index contributed by atoms with van der Waals surface area (Å²) in [6.07, 6.45) is 3.62. The van der Waals surface area contributed by atoms with E-state index >= 15 is 0 Å². The number of nitrogens with one attached hydrogen (secondary N) is 1. The summed E-state index contributed by atoms with van der Waals surface area (Å²) in [6.45, 7) is 0. The molecule has 0 aliphatic carbocycles. The number of H-pyrrole nitrogens is 1. The van der Waals surface area contributed by atoms with Gasteiger partial charge in [0.2, 0.25) is 0 Å². The minimum atomic E-state index is 0.386. The van der Waals surface area contributed by atoms with Crippen LogP contribution in [0.3, 0.4) is 0 Å². The van der Waals surface area contributed by atoms with Gasteiger partial charge in [-0.25, -0.2) is 4.98 Å². The Morgan fingerprint density at radius 1 is 1.18 bits per heavy atom. The summed E-state index contributed by atoms with van der Waals surface area (Å²) >= 11 is 0. The van der Waals surface area contributed by atoms with E-state index in [1.54, 1.807) is 13.3 Å². The maximum absolute atomic E-state index is 5.02. The fraction of sp³-hybridized carbons (Fsp3) is 0.0769. The van der Waals surface area contributed by atoms with Crippen molar-refractivity contribution in [3.8, 4) is 17.3 Å². The van der Waals surface area contributed by atoms with Gasteiger partial charge in [0.15, 0.2) is 0 Å². The summed E-state index contributed by atoms with van der Waals surface area (Å²) < 4.78 is 5.02. The predicted octanol–water partition coefficient (Wildman–Crippen LogP) is 2.63. The molecular weight excluding hydrogens is 214 g/mol. The Kier molecular flexibility index (Phi) is 2.26. The van der Waals surface area contributed by atoms with Crippen molar-refractivity contribution in [1.82, 2.24) is 15.0 Å². The molecular formula is C13H11N3O. The largest absolute Gasteiger partial charge is 0.467 e. The van der Waals surface area contributed by atoms with E-state index in [0.29, 0.717) is 6.01 Å². The van der Waals surface area contributed by atoms with E-state index in [1.165, 1.54) is 5.39 Å². The Labute approximate surface area is 98.3 Å². The first-order valence-corrected chi connectivity index (χ1v) is 5.31. The molecule has 3 aromatic rings. The predicted molar refractivity (Wildman–Crippen MR) is 65.9 cm³/mol. The van der Waals surface area contributed by atoms with E-state index in [1.807, 2.05) is 30.5 Å². The zero-order valence-corrected chi connectivity index (χ0v) is 9.34. The molecule has 0 aliphatic heterocycles. The highest BCUT2D eigenvalue weighted by Crippen LogP contribution is 2.22. The SMILES string of the molecule is COc1nccc(-c2ccc3[nH]ccc3c2)n1.